The first-order valence-corrected chi connectivity index (χ1v) is 22.7. The second kappa shape index (κ2) is 19.4. The van der Waals surface area contributed by atoms with Crippen molar-refractivity contribution in [3.8, 4) is 10.7 Å². The Bertz CT molecular complexity index is 1950. The predicted octanol–water partition coefficient (Wildman–Crippen LogP) is 5.31. The first-order valence-electron chi connectivity index (χ1n) is 21.8. The minimum absolute atomic E-state index is 0.0121. The van der Waals surface area contributed by atoms with E-state index in [4.69, 9.17) is 28.7 Å². The van der Waals surface area contributed by atoms with Gasteiger partial charge in [0.2, 0.25) is 0 Å². The van der Waals surface area contributed by atoms with Gasteiger partial charge in [-0.15, -0.1) is 16.4 Å². The summed E-state index contributed by atoms with van der Waals surface area (Å²) in [6.45, 7) is 16.5. The van der Waals surface area contributed by atoms with E-state index in [1.165, 1.54) is 0 Å². The highest BCUT2D eigenvalue weighted by molar-refractivity contribution is 7.21. The van der Waals surface area contributed by atoms with Crippen molar-refractivity contribution < 1.29 is 43.2 Å². The molecular weight excluding hydrogens is 803 g/mol. The van der Waals surface area contributed by atoms with Gasteiger partial charge >= 0.3 is 12.1 Å². The number of aryl methyl sites for hydroxylation is 1. The number of ketones is 1. The zero-order chi connectivity index (χ0) is 44.4. The third-order valence-corrected chi connectivity index (χ3v) is 14.2. The zero-order valence-corrected chi connectivity index (χ0v) is 38.5. The van der Waals surface area contributed by atoms with Crippen molar-refractivity contribution in [3.63, 3.8) is 0 Å². The first kappa shape index (κ1) is 46.9. The Morgan fingerprint density at radius 3 is 2.48 bits per heavy atom. The highest BCUT2D eigenvalue weighted by Crippen LogP contribution is 2.40. The second-order valence-electron chi connectivity index (χ2n) is 18.1. The number of aliphatic hydroxyl groups excluding tert-OH is 1. The second-order valence-corrected chi connectivity index (χ2v) is 19.2. The highest BCUT2D eigenvalue weighted by atomic mass is 32.1. The van der Waals surface area contributed by atoms with Crippen LogP contribution < -0.4 is 5.32 Å². The third kappa shape index (κ3) is 9.98. The molecule has 3 aromatic rings. The van der Waals surface area contributed by atoms with E-state index in [0.29, 0.717) is 51.0 Å². The van der Waals surface area contributed by atoms with Crippen molar-refractivity contribution >= 4 is 39.4 Å². The van der Waals surface area contributed by atoms with Crippen LogP contribution in [0.3, 0.4) is 0 Å². The van der Waals surface area contributed by atoms with Gasteiger partial charge in [0, 0.05) is 38.2 Å². The molecule has 338 valence electrons. The smallest absolute Gasteiger partial charge is 0.410 e. The Labute approximate surface area is 363 Å². The Balaban J connectivity index is 1.21. The van der Waals surface area contributed by atoms with Crippen LogP contribution in [0.5, 0.6) is 0 Å². The molecule has 61 heavy (non-hydrogen) atoms. The largest absolute Gasteiger partial charge is 0.458 e. The molecule has 2 aromatic heterocycles. The number of carbonyl (C=O) groups excluding carboxylic acids is 3. The number of cyclic esters (lactones) is 1. The number of aromatic nitrogens is 4. The van der Waals surface area contributed by atoms with Gasteiger partial charge < -0.3 is 39.0 Å². The lowest BCUT2D eigenvalue weighted by atomic mass is 9.78. The summed E-state index contributed by atoms with van der Waals surface area (Å²) in [5, 5.41) is 24.7. The highest BCUT2D eigenvalue weighted by Gasteiger charge is 2.58. The van der Waals surface area contributed by atoms with Gasteiger partial charge in [-0.2, -0.15) is 0 Å². The minimum atomic E-state index is -1.23. The van der Waals surface area contributed by atoms with Crippen molar-refractivity contribution in [1.29, 1.82) is 0 Å². The number of likely N-dealkylation sites (N-methyl/N-ethyl adjacent to an activating group) is 1. The molecule has 3 fully saturated rings. The van der Waals surface area contributed by atoms with Crippen molar-refractivity contribution in [2.24, 2.45) is 17.8 Å². The van der Waals surface area contributed by atoms with Gasteiger partial charge in [0.05, 0.1) is 40.3 Å². The van der Waals surface area contributed by atoms with Gasteiger partial charge in [-0.25, -0.2) is 9.78 Å². The molecule has 2 unspecified atom stereocenters. The number of thiazole rings is 1. The van der Waals surface area contributed by atoms with Crippen molar-refractivity contribution in [1.82, 2.24) is 35.1 Å². The molecule has 3 aliphatic heterocycles. The molecule has 0 bridgehead atoms. The number of hydrogen-bond donors (Lipinski definition) is 2. The number of esters is 1. The number of amides is 1. The third-order valence-electron chi connectivity index (χ3n) is 13.1. The van der Waals surface area contributed by atoms with Crippen LogP contribution in [0.15, 0.2) is 30.5 Å². The van der Waals surface area contributed by atoms with E-state index in [9.17, 15) is 19.5 Å². The fourth-order valence-electron chi connectivity index (χ4n) is 9.70. The summed E-state index contributed by atoms with van der Waals surface area (Å²) in [6, 6.07) is 6.94. The number of nitrogens with one attached hydrogen (secondary N) is 1. The number of Topliss-reactive ketones (excluding diaryl/α,β-unsaturated/α-hetero) is 1. The van der Waals surface area contributed by atoms with Crippen LogP contribution in [0.25, 0.3) is 20.9 Å². The van der Waals surface area contributed by atoms with E-state index >= 15 is 0 Å². The maximum atomic E-state index is 14.4. The van der Waals surface area contributed by atoms with E-state index in [0.717, 1.165) is 21.6 Å². The first-order chi connectivity index (χ1) is 28.9. The molecule has 17 heteroatoms. The maximum Gasteiger partial charge on any atom is 0.410 e. The molecule has 0 saturated carbocycles. The average molecular weight is 870 g/mol. The van der Waals surface area contributed by atoms with Crippen LogP contribution >= 0.6 is 11.3 Å². The Kier molecular flexibility index (Phi) is 14.9. The van der Waals surface area contributed by atoms with Crippen molar-refractivity contribution in [3.05, 3.63) is 30.5 Å². The maximum absolute atomic E-state index is 14.4. The molecule has 3 saturated heterocycles. The molecule has 5 heterocycles. The van der Waals surface area contributed by atoms with Crippen LogP contribution in [-0.2, 0) is 39.8 Å². The number of carbonyl (C=O) groups is 3. The topological polar surface area (TPSA) is 180 Å². The molecule has 0 spiro atoms. The number of methoxy groups -OCH3 is 1. The van der Waals surface area contributed by atoms with Gasteiger partial charge in [-0.1, -0.05) is 38.1 Å². The lowest BCUT2D eigenvalue weighted by Gasteiger charge is -2.46. The minimum Gasteiger partial charge on any atom is -0.458 e. The molecule has 1 amide bonds. The molecule has 3 aliphatic rings. The van der Waals surface area contributed by atoms with E-state index in [1.54, 1.807) is 41.9 Å². The normalized spacial score (nSPS) is 35.8. The standard InChI is InChI=1S/C44H67N7O9S/c1-12-34-44(8)37(51(42(55)60-44)20-16-15-19-50-24-31(47-48-50)39-46-30-17-13-14-18-33(30)61-39)29(6)45-23-25(2)22-43(7,56-11)38(27(4)35(52)28(5)40(54)58-34)59-41-36(53)32(49(9)10)21-26(3)57-41/h13-14,17-18,24-29,32,34,36-38,41,45,53H,12,15-16,19-23H2,1-11H3/t25-,26-,27-,28-,29-,32?,34-,36?,37-,38-,41+,43-,44-/m1/s1. The quantitative estimate of drug-likeness (QED) is 0.144. The van der Waals surface area contributed by atoms with Gasteiger partial charge in [0.15, 0.2) is 17.7 Å². The summed E-state index contributed by atoms with van der Waals surface area (Å²) < 4.78 is 34.5. The fraction of sp³-hybridized carbons (Fsp3) is 0.727. The predicted molar refractivity (Wildman–Crippen MR) is 231 cm³/mol. The average Bonchev–Trinajstić information content (AvgIpc) is 3.95. The van der Waals surface area contributed by atoms with Gasteiger partial charge in [0.25, 0.3) is 0 Å². The number of para-hydroxylation sites is 1. The summed E-state index contributed by atoms with van der Waals surface area (Å²) in [5.41, 5.74) is -0.630. The molecule has 0 aliphatic carbocycles. The van der Waals surface area contributed by atoms with E-state index in [1.807, 2.05) is 84.1 Å². The molecule has 13 atom stereocenters. The van der Waals surface area contributed by atoms with E-state index < -0.39 is 71.5 Å². The Morgan fingerprint density at radius 1 is 1.07 bits per heavy atom. The number of rotatable bonds is 11. The summed E-state index contributed by atoms with van der Waals surface area (Å²) in [7, 11) is 5.40. The zero-order valence-electron chi connectivity index (χ0n) is 37.7. The van der Waals surface area contributed by atoms with Crippen molar-refractivity contribution in [2.45, 2.75) is 154 Å². The van der Waals surface area contributed by atoms with Gasteiger partial charge in [-0.3, -0.25) is 19.2 Å². The van der Waals surface area contributed by atoms with Crippen LogP contribution in [0.1, 0.15) is 87.5 Å². The number of hydrogen-bond acceptors (Lipinski definition) is 15. The number of fused-ring (bicyclic) bond motifs is 2. The number of aliphatic hydroxyl groups is 1. The lowest BCUT2D eigenvalue weighted by Crippen LogP contribution is -2.61. The Hall–Kier alpha value is -3.58. The lowest BCUT2D eigenvalue weighted by molar-refractivity contribution is -0.295. The molecule has 1 aromatic carbocycles. The number of ether oxygens (including phenoxy) is 5. The summed E-state index contributed by atoms with van der Waals surface area (Å²) in [4.78, 5) is 50.7. The number of nitrogens with zero attached hydrogens (tertiary/aromatic N) is 6. The van der Waals surface area contributed by atoms with Crippen LogP contribution in [0.4, 0.5) is 4.79 Å². The fourth-order valence-corrected chi connectivity index (χ4v) is 10.6. The molecular formula is C44H67N7O9S. The molecule has 0 radical (unpaired) electrons. The SMILES string of the molecule is CC[C@H]1OC(=O)[C@H](C)C(=O)[C@@H](C)[C@@H](O[C@@H]2O[C@H](C)CC(N(C)C)C2O)[C@](C)(OC)C[C@@H](C)CN[C@H](C)[C@H]2N(CCCCn3cc(-c4nc5ccccc5s4)nn3)C(=O)O[C@]12C. The van der Waals surface area contributed by atoms with Crippen LogP contribution in [-0.4, -0.2) is 147 Å². The summed E-state index contributed by atoms with van der Waals surface area (Å²) in [6.07, 6.45) is 0.226. The summed E-state index contributed by atoms with van der Waals surface area (Å²) >= 11 is 1.58. The van der Waals surface area contributed by atoms with E-state index in [-0.39, 0.29) is 24.1 Å². The van der Waals surface area contributed by atoms with Crippen LogP contribution in [0.2, 0.25) is 0 Å². The molecule has 2 N–H and O–H groups in total. The Morgan fingerprint density at radius 2 is 1.79 bits per heavy atom. The molecule has 16 nitrogen and oxygen atoms in total. The van der Waals surface area contributed by atoms with Crippen molar-refractivity contribution in [2.75, 3.05) is 34.3 Å². The van der Waals surface area contributed by atoms with Gasteiger partial charge in [-0.05, 0) is 105 Å². The summed E-state index contributed by atoms with van der Waals surface area (Å²) in [5.74, 6) is -3.16. The number of benzene rings is 1. The molecule has 6 rings (SSSR count). The number of unbranched alkanes of at least 4 members (excludes halogenated alkanes) is 1. The monoisotopic (exact) mass is 869 g/mol. The van der Waals surface area contributed by atoms with Gasteiger partial charge in [0.1, 0.15) is 28.8 Å². The van der Waals surface area contributed by atoms with Crippen LogP contribution in [0, 0.1) is 17.8 Å². The van der Waals surface area contributed by atoms with E-state index in [2.05, 4.69) is 22.6 Å².